The van der Waals surface area contributed by atoms with Crippen LogP contribution in [-0.2, 0) is 15.6 Å². The predicted octanol–water partition coefficient (Wildman–Crippen LogP) is 3.39. The van der Waals surface area contributed by atoms with E-state index in [-0.39, 0.29) is 17.0 Å². The number of hydrogen-bond acceptors (Lipinski definition) is 3. The van der Waals surface area contributed by atoms with Gasteiger partial charge in [-0.1, -0.05) is 28.1 Å². The van der Waals surface area contributed by atoms with Gasteiger partial charge in [-0.05, 0) is 35.9 Å². The summed E-state index contributed by atoms with van der Waals surface area (Å²) in [6, 6.07) is 10.5. The van der Waals surface area contributed by atoms with Gasteiger partial charge in [0.15, 0.2) is 9.84 Å². The smallest absolute Gasteiger partial charge is 0.255 e. The van der Waals surface area contributed by atoms with Crippen LogP contribution < -0.4 is 5.32 Å². The van der Waals surface area contributed by atoms with Crippen LogP contribution in [0.1, 0.15) is 15.9 Å². The molecule has 0 radical (unpaired) electrons. The molecule has 0 saturated carbocycles. The summed E-state index contributed by atoms with van der Waals surface area (Å²) in [6.07, 6.45) is 1.12. The normalized spacial score (nSPS) is 11.2. The summed E-state index contributed by atoms with van der Waals surface area (Å²) < 4.78 is 36.9. The summed E-state index contributed by atoms with van der Waals surface area (Å²) in [5.41, 5.74) is 0.830. The molecule has 0 aliphatic heterocycles. The lowest BCUT2D eigenvalue weighted by Crippen LogP contribution is -2.13. The Labute approximate surface area is 136 Å². The minimum absolute atomic E-state index is 0.0571. The van der Waals surface area contributed by atoms with Crippen LogP contribution in [0.2, 0.25) is 0 Å². The van der Waals surface area contributed by atoms with Gasteiger partial charge in [-0.2, -0.15) is 0 Å². The number of benzene rings is 2. The quantitative estimate of drug-likeness (QED) is 0.876. The Morgan fingerprint density at radius 2 is 1.95 bits per heavy atom. The van der Waals surface area contributed by atoms with Gasteiger partial charge in [-0.25, -0.2) is 12.8 Å². The lowest BCUT2D eigenvalue weighted by molar-refractivity contribution is 0.102. The van der Waals surface area contributed by atoms with Crippen LogP contribution in [-0.4, -0.2) is 20.6 Å². The molecule has 0 aliphatic rings. The second-order valence-electron chi connectivity index (χ2n) is 4.85. The van der Waals surface area contributed by atoms with Crippen molar-refractivity contribution in [2.45, 2.75) is 5.75 Å². The molecule has 0 unspecified atom stereocenters. The molecule has 0 aliphatic carbocycles. The fraction of sp³-hybridized carbons (Fsp3) is 0.133. The highest BCUT2D eigenvalue weighted by atomic mass is 79.9. The number of sulfone groups is 1. The van der Waals surface area contributed by atoms with E-state index in [2.05, 4.69) is 21.2 Å². The zero-order valence-corrected chi connectivity index (χ0v) is 14.0. The van der Waals surface area contributed by atoms with Gasteiger partial charge in [0.25, 0.3) is 5.91 Å². The molecule has 116 valence electrons. The number of anilines is 1. The van der Waals surface area contributed by atoms with Gasteiger partial charge in [0.1, 0.15) is 5.82 Å². The molecule has 0 bridgehead atoms. The molecule has 0 heterocycles. The maximum atomic E-state index is 13.7. The van der Waals surface area contributed by atoms with Gasteiger partial charge >= 0.3 is 0 Å². The fourth-order valence-electron chi connectivity index (χ4n) is 1.89. The Balaban J connectivity index is 2.21. The summed E-state index contributed by atoms with van der Waals surface area (Å²) in [4.78, 5) is 12.1. The first-order valence-electron chi connectivity index (χ1n) is 6.28. The van der Waals surface area contributed by atoms with Crippen LogP contribution in [0.5, 0.6) is 0 Å². The van der Waals surface area contributed by atoms with Crippen molar-refractivity contribution in [3.63, 3.8) is 0 Å². The molecule has 0 atom stereocenters. The second kappa shape index (κ2) is 6.58. The molecule has 1 amide bonds. The van der Waals surface area contributed by atoms with Gasteiger partial charge in [-0.15, -0.1) is 0 Å². The average Bonchev–Trinajstić information content (AvgIpc) is 2.40. The van der Waals surface area contributed by atoms with Crippen LogP contribution in [0, 0.1) is 5.82 Å². The Kier molecular flexibility index (Phi) is 4.97. The molecule has 1 N–H and O–H groups in total. The fourth-order valence-corrected chi connectivity index (χ4v) is 3.01. The van der Waals surface area contributed by atoms with E-state index in [1.165, 1.54) is 24.3 Å². The van der Waals surface area contributed by atoms with Crippen LogP contribution in [0.3, 0.4) is 0 Å². The average molecular weight is 386 g/mol. The first kappa shape index (κ1) is 16.6. The van der Waals surface area contributed by atoms with E-state index in [1.54, 1.807) is 18.2 Å². The third-order valence-electron chi connectivity index (χ3n) is 2.80. The van der Waals surface area contributed by atoms with Crippen LogP contribution >= 0.6 is 15.9 Å². The van der Waals surface area contributed by atoms with Crippen molar-refractivity contribution < 1.29 is 17.6 Å². The molecule has 7 heteroatoms. The van der Waals surface area contributed by atoms with E-state index in [0.717, 1.165) is 6.26 Å². The molecule has 0 aromatic heterocycles. The van der Waals surface area contributed by atoms with E-state index in [9.17, 15) is 17.6 Å². The topological polar surface area (TPSA) is 63.2 Å². The van der Waals surface area contributed by atoms with Crippen LogP contribution in [0.25, 0.3) is 0 Å². The number of rotatable bonds is 4. The van der Waals surface area contributed by atoms with Gasteiger partial charge < -0.3 is 5.32 Å². The standard InChI is InChI=1S/C15H13BrFNO3S/c1-22(20,21)9-10-3-2-4-11(7-10)15(19)18-14-6-5-12(16)8-13(14)17/h2-8H,9H2,1H3,(H,18,19). The van der Waals surface area contributed by atoms with Crippen molar-refractivity contribution in [3.8, 4) is 0 Å². The first-order chi connectivity index (χ1) is 10.2. The second-order valence-corrected chi connectivity index (χ2v) is 7.90. The highest BCUT2D eigenvalue weighted by Gasteiger charge is 2.11. The Morgan fingerprint density at radius 3 is 2.59 bits per heavy atom. The summed E-state index contributed by atoms with van der Waals surface area (Å²) >= 11 is 3.14. The lowest BCUT2D eigenvalue weighted by atomic mass is 10.1. The maximum Gasteiger partial charge on any atom is 0.255 e. The van der Waals surface area contributed by atoms with Crippen molar-refractivity contribution in [1.82, 2.24) is 0 Å². The number of carbonyl (C=O) groups is 1. The van der Waals surface area contributed by atoms with Crippen LogP contribution in [0.4, 0.5) is 10.1 Å². The van der Waals surface area contributed by atoms with E-state index >= 15 is 0 Å². The van der Waals surface area contributed by atoms with E-state index in [4.69, 9.17) is 0 Å². The Bertz CT molecular complexity index is 821. The Morgan fingerprint density at radius 1 is 1.23 bits per heavy atom. The third-order valence-corrected chi connectivity index (χ3v) is 4.15. The summed E-state index contributed by atoms with van der Waals surface area (Å²) in [6.45, 7) is 0. The number of carbonyl (C=O) groups excluding carboxylic acids is 1. The van der Waals surface area contributed by atoms with Crippen molar-refractivity contribution in [1.29, 1.82) is 0 Å². The van der Waals surface area contributed by atoms with Gasteiger partial charge in [0.2, 0.25) is 0 Å². The van der Waals surface area contributed by atoms with Crippen LogP contribution in [0.15, 0.2) is 46.9 Å². The number of nitrogens with one attached hydrogen (secondary N) is 1. The molecule has 0 saturated heterocycles. The van der Waals surface area contributed by atoms with Gasteiger partial charge in [0, 0.05) is 16.3 Å². The molecule has 2 rings (SSSR count). The largest absolute Gasteiger partial charge is 0.319 e. The van der Waals surface area contributed by atoms with Crippen molar-refractivity contribution in [3.05, 3.63) is 63.9 Å². The van der Waals surface area contributed by atoms with Crippen molar-refractivity contribution in [2.24, 2.45) is 0 Å². The molecule has 0 spiro atoms. The zero-order chi connectivity index (χ0) is 16.3. The number of amides is 1. The lowest BCUT2D eigenvalue weighted by Gasteiger charge is -2.08. The molecule has 4 nitrogen and oxygen atoms in total. The van der Waals surface area contributed by atoms with E-state index in [1.807, 2.05) is 0 Å². The predicted molar refractivity (Wildman–Crippen MR) is 87.0 cm³/mol. The summed E-state index contributed by atoms with van der Waals surface area (Å²) in [5, 5.41) is 2.46. The first-order valence-corrected chi connectivity index (χ1v) is 9.13. The minimum Gasteiger partial charge on any atom is -0.319 e. The summed E-state index contributed by atoms with van der Waals surface area (Å²) in [5.74, 6) is -1.22. The zero-order valence-electron chi connectivity index (χ0n) is 11.6. The SMILES string of the molecule is CS(=O)(=O)Cc1cccc(C(=O)Nc2ccc(Br)cc2F)c1. The van der Waals surface area contributed by atoms with Gasteiger partial charge in [-0.3, -0.25) is 4.79 Å². The Hall–Kier alpha value is -1.73. The maximum absolute atomic E-state index is 13.7. The van der Waals surface area contributed by atoms with Gasteiger partial charge in [0.05, 0.1) is 11.4 Å². The highest BCUT2D eigenvalue weighted by Crippen LogP contribution is 2.20. The minimum atomic E-state index is -3.19. The van der Waals surface area contributed by atoms with E-state index < -0.39 is 21.6 Å². The molecular weight excluding hydrogens is 373 g/mol. The van der Waals surface area contributed by atoms with Crippen molar-refractivity contribution >= 4 is 37.4 Å². The molecule has 2 aromatic carbocycles. The molecular formula is C15H13BrFNO3S. The molecule has 0 fully saturated rings. The monoisotopic (exact) mass is 385 g/mol. The third kappa shape index (κ3) is 4.64. The number of hydrogen-bond donors (Lipinski definition) is 1. The molecule has 2 aromatic rings. The summed E-state index contributed by atoms with van der Waals surface area (Å²) in [7, 11) is -3.19. The highest BCUT2D eigenvalue weighted by molar-refractivity contribution is 9.10. The van der Waals surface area contributed by atoms with Crippen molar-refractivity contribution in [2.75, 3.05) is 11.6 Å². The molecule has 22 heavy (non-hydrogen) atoms. The number of halogens is 2. The van der Waals surface area contributed by atoms with E-state index in [0.29, 0.717) is 10.0 Å².